The third kappa shape index (κ3) is 3.50. The van der Waals surface area contributed by atoms with E-state index in [4.69, 9.17) is 19.8 Å². The minimum absolute atomic E-state index is 0.463. The molecular weight excluding hydrogens is 490 g/mol. The van der Waals surface area contributed by atoms with Crippen molar-refractivity contribution in [3.63, 3.8) is 0 Å². The number of imidazole rings is 1. The first-order chi connectivity index (χ1) is 19.0. The molecule has 0 atom stereocenters. The first-order valence-electron chi connectivity index (χ1n) is 13.5. The third-order valence-corrected chi connectivity index (χ3v) is 7.99. The van der Waals surface area contributed by atoms with Crippen molar-refractivity contribution >= 4 is 21.9 Å². The minimum Gasteiger partial charge on any atom is -0.478 e. The normalized spacial score (nSPS) is 15.6. The van der Waals surface area contributed by atoms with Crippen molar-refractivity contribution in [1.82, 2.24) is 43.9 Å². The number of aryl methyl sites for hydroxylation is 2. The standard InChI is InChI=1S/C29H29N9O/c1-16-21(12-18-13-35(2)33-27(18)30-16)28-31-25(26(36(28)3)17-8-9-17)20-6-5-7-23-22(20)14-38(32-23)24-15-37(19-10-11-19)34-29(24)39-4/h5-7,12-15,17,19H,8-11H2,1-4H3. The summed E-state index contributed by atoms with van der Waals surface area (Å²) in [7, 11) is 5.72. The first-order valence-corrected chi connectivity index (χ1v) is 13.5. The summed E-state index contributed by atoms with van der Waals surface area (Å²) < 4.78 is 13.6. The zero-order valence-electron chi connectivity index (χ0n) is 22.5. The molecule has 39 heavy (non-hydrogen) atoms. The second-order valence-electron chi connectivity index (χ2n) is 10.9. The van der Waals surface area contributed by atoms with E-state index in [1.807, 2.05) is 40.4 Å². The van der Waals surface area contributed by atoms with E-state index in [1.165, 1.54) is 18.5 Å². The molecule has 0 amide bonds. The fourth-order valence-corrected chi connectivity index (χ4v) is 5.73. The molecule has 0 N–H and O–H groups in total. The van der Waals surface area contributed by atoms with Crippen LogP contribution in [0.15, 0.2) is 42.9 Å². The van der Waals surface area contributed by atoms with Crippen LogP contribution in [0.5, 0.6) is 5.88 Å². The molecule has 0 unspecified atom stereocenters. The quantitative estimate of drug-likeness (QED) is 0.304. The Kier molecular flexibility index (Phi) is 4.63. The third-order valence-electron chi connectivity index (χ3n) is 7.99. The van der Waals surface area contributed by atoms with Crippen LogP contribution in [-0.2, 0) is 14.1 Å². The monoisotopic (exact) mass is 519 g/mol. The van der Waals surface area contributed by atoms with Gasteiger partial charge in [-0.3, -0.25) is 9.36 Å². The van der Waals surface area contributed by atoms with Gasteiger partial charge in [-0.05, 0) is 44.7 Å². The Balaban J connectivity index is 1.30. The van der Waals surface area contributed by atoms with Gasteiger partial charge in [0.15, 0.2) is 5.65 Å². The van der Waals surface area contributed by atoms with Gasteiger partial charge in [0.25, 0.3) is 5.88 Å². The maximum atomic E-state index is 5.62. The lowest BCUT2D eigenvalue weighted by molar-refractivity contribution is 0.386. The highest BCUT2D eigenvalue weighted by atomic mass is 16.5. The maximum Gasteiger partial charge on any atom is 0.258 e. The molecule has 0 spiro atoms. The van der Waals surface area contributed by atoms with Crippen molar-refractivity contribution in [2.75, 3.05) is 7.11 Å². The first kappa shape index (κ1) is 22.5. The molecule has 0 saturated heterocycles. The number of pyridine rings is 1. The van der Waals surface area contributed by atoms with Crippen molar-refractivity contribution in [3.05, 3.63) is 54.2 Å². The van der Waals surface area contributed by atoms with Crippen molar-refractivity contribution < 1.29 is 4.74 Å². The number of nitrogens with zero attached hydrogens (tertiary/aromatic N) is 9. The molecule has 0 radical (unpaired) electrons. The molecular formula is C29H29N9O. The summed E-state index contributed by atoms with van der Waals surface area (Å²) in [6, 6.07) is 8.91. The number of ether oxygens (including phenoxy) is 1. The van der Waals surface area contributed by atoms with Gasteiger partial charge < -0.3 is 9.30 Å². The van der Waals surface area contributed by atoms with E-state index in [-0.39, 0.29) is 0 Å². The van der Waals surface area contributed by atoms with Gasteiger partial charge in [0.05, 0.1) is 36.3 Å². The second-order valence-corrected chi connectivity index (χ2v) is 10.9. The molecule has 1 aromatic carbocycles. The van der Waals surface area contributed by atoms with Gasteiger partial charge in [0.2, 0.25) is 0 Å². The summed E-state index contributed by atoms with van der Waals surface area (Å²) in [6.07, 6.45) is 10.8. The molecule has 5 aromatic heterocycles. The SMILES string of the molecule is COc1nn(C2CC2)cc1-n1cc2c(-c3nc(-c4cc5cn(C)nc5nc4C)n(C)c3C3CC3)cccc2n1. The molecule has 6 aromatic rings. The summed E-state index contributed by atoms with van der Waals surface area (Å²) in [4.78, 5) is 10.1. The van der Waals surface area contributed by atoms with E-state index < -0.39 is 0 Å². The molecule has 2 aliphatic carbocycles. The lowest BCUT2D eigenvalue weighted by Crippen LogP contribution is -2.00. The van der Waals surface area contributed by atoms with E-state index in [0.29, 0.717) is 17.8 Å². The predicted octanol–water partition coefficient (Wildman–Crippen LogP) is 5.10. The van der Waals surface area contributed by atoms with Crippen LogP contribution in [0.25, 0.3) is 50.3 Å². The van der Waals surface area contributed by atoms with Gasteiger partial charge >= 0.3 is 0 Å². The fourth-order valence-electron chi connectivity index (χ4n) is 5.73. The van der Waals surface area contributed by atoms with Crippen LogP contribution in [-0.4, -0.2) is 51.0 Å². The number of methoxy groups -OCH3 is 1. The number of fused-ring (bicyclic) bond motifs is 2. The Morgan fingerprint density at radius 2 is 1.77 bits per heavy atom. The molecule has 10 heteroatoms. The maximum absolute atomic E-state index is 5.62. The number of rotatable bonds is 6. The molecule has 0 bridgehead atoms. The van der Waals surface area contributed by atoms with Crippen LogP contribution in [0.1, 0.15) is 49.0 Å². The summed E-state index contributed by atoms with van der Waals surface area (Å²) in [5.74, 6) is 2.02. The predicted molar refractivity (Wildman–Crippen MR) is 148 cm³/mol. The van der Waals surface area contributed by atoms with E-state index in [1.54, 1.807) is 7.11 Å². The fraction of sp³-hybridized carbons (Fsp3) is 0.345. The molecule has 8 rings (SSSR count). The highest BCUT2D eigenvalue weighted by molar-refractivity contribution is 5.95. The summed E-state index contributed by atoms with van der Waals surface area (Å²) >= 11 is 0. The smallest absolute Gasteiger partial charge is 0.258 e. The van der Waals surface area contributed by atoms with Crippen LogP contribution >= 0.6 is 0 Å². The summed E-state index contributed by atoms with van der Waals surface area (Å²) in [5, 5.41) is 16.1. The second kappa shape index (κ2) is 8.02. The zero-order valence-corrected chi connectivity index (χ0v) is 22.5. The van der Waals surface area contributed by atoms with Crippen molar-refractivity contribution in [2.45, 2.75) is 44.6 Å². The van der Waals surface area contributed by atoms with Crippen molar-refractivity contribution in [1.29, 1.82) is 0 Å². The molecule has 5 heterocycles. The molecule has 2 saturated carbocycles. The number of aromatic nitrogens is 9. The van der Waals surface area contributed by atoms with Crippen LogP contribution < -0.4 is 4.74 Å². The Labute approximate surface area is 224 Å². The lowest BCUT2D eigenvalue weighted by Gasteiger charge is -2.08. The summed E-state index contributed by atoms with van der Waals surface area (Å²) in [5.41, 5.74) is 7.86. The van der Waals surface area contributed by atoms with Gasteiger partial charge in [-0.1, -0.05) is 12.1 Å². The largest absolute Gasteiger partial charge is 0.478 e. The molecule has 2 aliphatic rings. The topological polar surface area (TPSA) is 93.4 Å². The number of hydrogen-bond acceptors (Lipinski definition) is 6. The number of benzene rings is 1. The molecule has 10 nitrogen and oxygen atoms in total. The molecule has 0 aliphatic heterocycles. The van der Waals surface area contributed by atoms with Crippen molar-refractivity contribution in [3.8, 4) is 34.2 Å². The van der Waals surface area contributed by atoms with Gasteiger partial charge in [0, 0.05) is 60.0 Å². The Morgan fingerprint density at radius 3 is 2.54 bits per heavy atom. The Morgan fingerprint density at radius 1 is 0.923 bits per heavy atom. The lowest BCUT2D eigenvalue weighted by atomic mass is 10.0. The van der Waals surface area contributed by atoms with E-state index in [0.717, 1.165) is 68.8 Å². The average Bonchev–Trinajstić information content (AvgIpc) is 3.79. The van der Waals surface area contributed by atoms with Crippen molar-refractivity contribution in [2.24, 2.45) is 14.1 Å². The van der Waals surface area contributed by atoms with Gasteiger partial charge in [0.1, 0.15) is 11.5 Å². The molecule has 196 valence electrons. The van der Waals surface area contributed by atoms with Crippen LogP contribution in [0, 0.1) is 6.92 Å². The van der Waals surface area contributed by atoms with E-state index >= 15 is 0 Å². The number of hydrogen-bond donors (Lipinski definition) is 0. The molecule has 2 fully saturated rings. The van der Waals surface area contributed by atoms with E-state index in [9.17, 15) is 0 Å². The summed E-state index contributed by atoms with van der Waals surface area (Å²) in [6.45, 7) is 2.04. The zero-order chi connectivity index (χ0) is 26.4. The van der Waals surface area contributed by atoms with Gasteiger partial charge in [-0.25, -0.2) is 14.6 Å². The Bertz CT molecular complexity index is 1910. The van der Waals surface area contributed by atoms with Crippen LogP contribution in [0.3, 0.4) is 0 Å². The van der Waals surface area contributed by atoms with Crippen LogP contribution in [0.2, 0.25) is 0 Å². The van der Waals surface area contributed by atoms with Gasteiger partial charge in [-0.15, -0.1) is 5.10 Å². The minimum atomic E-state index is 0.463. The highest BCUT2D eigenvalue weighted by Crippen LogP contribution is 2.47. The van der Waals surface area contributed by atoms with Gasteiger partial charge in [-0.2, -0.15) is 10.2 Å². The van der Waals surface area contributed by atoms with E-state index in [2.05, 4.69) is 52.3 Å². The Hall–Kier alpha value is -4.47. The average molecular weight is 520 g/mol. The highest BCUT2D eigenvalue weighted by Gasteiger charge is 2.33. The van der Waals surface area contributed by atoms with Crippen LogP contribution in [0.4, 0.5) is 0 Å².